The van der Waals surface area contributed by atoms with Gasteiger partial charge in [-0.25, -0.2) is 0 Å². The van der Waals surface area contributed by atoms with Crippen molar-refractivity contribution in [3.05, 3.63) is 36.8 Å². The highest BCUT2D eigenvalue weighted by Crippen LogP contribution is 2.38. The van der Waals surface area contributed by atoms with Gasteiger partial charge >= 0.3 is 12.3 Å². The largest absolute Gasteiger partial charge is 0.499 e. The molecule has 0 amide bonds. The molecule has 0 bridgehead atoms. The van der Waals surface area contributed by atoms with Gasteiger partial charge in [-0.3, -0.25) is 0 Å². The Kier molecular flexibility index (Phi) is 3.40. The van der Waals surface area contributed by atoms with Gasteiger partial charge in [-0.15, -0.1) is 0 Å². The number of hydrogen-bond donors (Lipinski definition) is 0. The van der Waals surface area contributed by atoms with Crippen LogP contribution in [0.3, 0.4) is 0 Å². The molecular weight excluding hydrogens is 231 g/mol. The summed E-state index contributed by atoms with van der Waals surface area (Å²) in [6.07, 6.45) is -10.9. The monoisotopic (exact) mass is 239 g/mol. The first kappa shape index (κ1) is 12.7. The Morgan fingerprint density at radius 2 is 1.62 bits per heavy atom. The standard InChI is InChI=1S/C10H8F5O/c1-2-7-5-3-4-6-8(7)16-10(14,15)9(11,12)13/h3-6H,1-2H2. The van der Waals surface area contributed by atoms with E-state index in [-0.39, 0.29) is 12.0 Å². The van der Waals surface area contributed by atoms with Crippen molar-refractivity contribution in [1.29, 1.82) is 0 Å². The minimum Gasteiger partial charge on any atom is -0.425 e. The predicted molar refractivity (Wildman–Crippen MR) is 47.1 cm³/mol. The number of alkyl halides is 5. The topological polar surface area (TPSA) is 9.23 Å². The third kappa shape index (κ3) is 2.62. The smallest absolute Gasteiger partial charge is 0.425 e. The highest BCUT2D eigenvalue weighted by Gasteiger charge is 2.61. The molecule has 0 heterocycles. The van der Waals surface area contributed by atoms with Crippen LogP contribution in [0.25, 0.3) is 0 Å². The highest BCUT2D eigenvalue weighted by molar-refractivity contribution is 5.34. The third-order valence-electron chi connectivity index (χ3n) is 1.81. The van der Waals surface area contributed by atoms with E-state index in [1.807, 2.05) is 0 Å². The normalized spacial score (nSPS) is 12.6. The molecule has 0 spiro atoms. The summed E-state index contributed by atoms with van der Waals surface area (Å²) in [6, 6.07) is 5.22. The van der Waals surface area contributed by atoms with Gasteiger partial charge in [0, 0.05) is 0 Å². The van der Waals surface area contributed by atoms with Crippen LogP contribution in [0, 0.1) is 6.92 Å². The molecule has 1 nitrogen and oxygen atoms in total. The lowest BCUT2D eigenvalue weighted by atomic mass is 10.1. The minimum atomic E-state index is -5.73. The second-order valence-corrected chi connectivity index (χ2v) is 2.97. The van der Waals surface area contributed by atoms with Crippen LogP contribution in [0.1, 0.15) is 5.56 Å². The van der Waals surface area contributed by atoms with Crippen molar-refractivity contribution in [1.82, 2.24) is 0 Å². The number of rotatable bonds is 3. The van der Waals surface area contributed by atoms with Gasteiger partial charge in [-0.2, -0.15) is 22.0 Å². The second-order valence-electron chi connectivity index (χ2n) is 2.97. The van der Waals surface area contributed by atoms with Crippen molar-refractivity contribution in [2.24, 2.45) is 0 Å². The molecule has 0 aliphatic carbocycles. The minimum absolute atomic E-state index is 0.0596. The van der Waals surface area contributed by atoms with E-state index in [4.69, 9.17) is 0 Å². The quantitative estimate of drug-likeness (QED) is 0.732. The Bertz CT molecular complexity index is 358. The molecule has 0 aliphatic rings. The second kappa shape index (κ2) is 4.27. The zero-order valence-corrected chi connectivity index (χ0v) is 8.02. The lowest BCUT2D eigenvalue weighted by Gasteiger charge is -2.21. The van der Waals surface area contributed by atoms with E-state index in [1.165, 1.54) is 18.2 Å². The van der Waals surface area contributed by atoms with Gasteiger partial charge in [0.1, 0.15) is 5.75 Å². The van der Waals surface area contributed by atoms with Crippen molar-refractivity contribution >= 4 is 0 Å². The summed E-state index contributed by atoms with van der Waals surface area (Å²) in [6.45, 7) is 3.40. The number of ether oxygens (including phenoxy) is 1. The van der Waals surface area contributed by atoms with E-state index in [0.717, 1.165) is 6.07 Å². The van der Waals surface area contributed by atoms with Crippen molar-refractivity contribution in [3.63, 3.8) is 0 Å². The van der Waals surface area contributed by atoms with Crippen molar-refractivity contribution in [2.75, 3.05) is 0 Å². The number of para-hydroxylation sites is 1. The summed E-state index contributed by atoms with van der Waals surface area (Å²) < 4.78 is 64.4. The Morgan fingerprint density at radius 3 is 2.12 bits per heavy atom. The first-order valence-electron chi connectivity index (χ1n) is 4.28. The van der Waals surface area contributed by atoms with Gasteiger partial charge in [-0.1, -0.05) is 18.2 Å². The van der Waals surface area contributed by atoms with Gasteiger partial charge in [-0.05, 0) is 25.0 Å². The summed E-state index contributed by atoms with van der Waals surface area (Å²) in [5, 5.41) is 0. The maximum atomic E-state index is 12.6. The molecular formula is C10H8F5O. The molecule has 0 saturated carbocycles. The number of hydrogen-bond acceptors (Lipinski definition) is 1. The van der Waals surface area contributed by atoms with Crippen LogP contribution in [-0.4, -0.2) is 12.3 Å². The van der Waals surface area contributed by atoms with Gasteiger partial charge in [0.15, 0.2) is 0 Å². The molecule has 0 atom stereocenters. The molecule has 0 aliphatic heterocycles. The van der Waals surface area contributed by atoms with Gasteiger partial charge < -0.3 is 4.74 Å². The lowest BCUT2D eigenvalue weighted by molar-refractivity contribution is -0.360. The fraction of sp³-hybridized carbons (Fsp3) is 0.300. The molecule has 0 aromatic heterocycles. The molecule has 0 fully saturated rings. The molecule has 0 N–H and O–H groups in total. The van der Waals surface area contributed by atoms with E-state index < -0.39 is 18.0 Å². The lowest BCUT2D eigenvalue weighted by Crippen LogP contribution is -2.42. The number of halogens is 5. The maximum absolute atomic E-state index is 12.6. The van der Waals surface area contributed by atoms with Crippen LogP contribution in [0.15, 0.2) is 24.3 Å². The van der Waals surface area contributed by atoms with Gasteiger partial charge in [0.2, 0.25) is 0 Å². The van der Waals surface area contributed by atoms with E-state index in [2.05, 4.69) is 11.7 Å². The number of benzene rings is 1. The average Bonchev–Trinajstić information content (AvgIpc) is 2.16. The Morgan fingerprint density at radius 1 is 1.06 bits per heavy atom. The molecule has 1 rings (SSSR count). The van der Waals surface area contributed by atoms with E-state index >= 15 is 0 Å². The summed E-state index contributed by atoms with van der Waals surface area (Å²) in [5.74, 6) is -0.514. The summed E-state index contributed by atoms with van der Waals surface area (Å²) in [4.78, 5) is 0. The molecule has 0 saturated heterocycles. The Labute approximate surface area is 88.8 Å². The summed E-state index contributed by atoms with van der Waals surface area (Å²) >= 11 is 0. The molecule has 0 unspecified atom stereocenters. The molecule has 1 aromatic rings. The van der Waals surface area contributed by atoms with Crippen molar-refractivity contribution in [2.45, 2.75) is 18.7 Å². The van der Waals surface area contributed by atoms with Crippen LogP contribution >= 0.6 is 0 Å². The maximum Gasteiger partial charge on any atom is 0.499 e. The molecule has 89 valence electrons. The van der Waals surface area contributed by atoms with Crippen molar-refractivity contribution in [3.8, 4) is 5.75 Å². The molecule has 1 aromatic carbocycles. The van der Waals surface area contributed by atoms with E-state index in [0.29, 0.717) is 0 Å². The average molecular weight is 239 g/mol. The molecule has 1 radical (unpaired) electrons. The predicted octanol–water partition coefficient (Wildman–Crippen LogP) is 3.60. The first-order valence-corrected chi connectivity index (χ1v) is 4.28. The van der Waals surface area contributed by atoms with Crippen molar-refractivity contribution < 1.29 is 26.7 Å². The van der Waals surface area contributed by atoms with Crippen LogP contribution in [0.2, 0.25) is 0 Å². The summed E-state index contributed by atoms with van der Waals surface area (Å²) in [7, 11) is 0. The van der Waals surface area contributed by atoms with Crippen LogP contribution in [-0.2, 0) is 6.42 Å². The van der Waals surface area contributed by atoms with E-state index in [1.54, 1.807) is 0 Å². The third-order valence-corrected chi connectivity index (χ3v) is 1.81. The highest BCUT2D eigenvalue weighted by atomic mass is 19.4. The fourth-order valence-corrected chi connectivity index (χ4v) is 1.01. The Balaban J connectivity index is 2.96. The SMILES string of the molecule is [CH2]Cc1ccccc1OC(F)(F)C(F)(F)F. The Hall–Kier alpha value is -1.33. The zero-order valence-electron chi connectivity index (χ0n) is 8.02. The first-order chi connectivity index (χ1) is 7.28. The molecule has 6 heteroatoms. The summed E-state index contributed by atoms with van der Waals surface area (Å²) in [5.41, 5.74) is 0.187. The molecule has 16 heavy (non-hydrogen) atoms. The van der Waals surface area contributed by atoms with Gasteiger partial charge in [0.25, 0.3) is 0 Å². The van der Waals surface area contributed by atoms with Crippen LogP contribution in [0.4, 0.5) is 22.0 Å². The zero-order chi connectivity index (χ0) is 12.4. The van der Waals surface area contributed by atoms with E-state index in [9.17, 15) is 22.0 Å². The van der Waals surface area contributed by atoms with Gasteiger partial charge in [0.05, 0.1) is 0 Å². The van der Waals surface area contributed by atoms with Crippen LogP contribution in [0.5, 0.6) is 5.75 Å². The fourth-order valence-electron chi connectivity index (χ4n) is 1.01. The van der Waals surface area contributed by atoms with Crippen LogP contribution < -0.4 is 4.74 Å².